The molecule has 2 aromatic heterocycles. The van der Waals surface area contributed by atoms with E-state index in [1.165, 1.54) is 0 Å². The lowest BCUT2D eigenvalue weighted by Crippen LogP contribution is -2.11. The summed E-state index contributed by atoms with van der Waals surface area (Å²) in [7, 11) is 0. The molecule has 0 bridgehead atoms. The summed E-state index contributed by atoms with van der Waals surface area (Å²) < 4.78 is 1.88. The summed E-state index contributed by atoms with van der Waals surface area (Å²) in [6.45, 7) is 0. The third kappa shape index (κ3) is 2.50. The van der Waals surface area contributed by atoms with Gasteiger partial charge in [0.05, 0.1) is 20.2 Å². The van der Waals surface area contributed by atoms with Crippen LogP contribution in [0.4, 0.5) is 17.5 Å². The van der Waals surface area contributed by atoms with Crippen molar-refractivity contribution in [3.8, 4) is 0 Å². The van der Waals surface area contributed by atoms with E-state index in [-0.39, 0.29) is 0 Å². The first-order valence-electron chi connectivity index (χ1n) is 5.36. The summed E-state index contributed by atoms with van der Waals surface area (Å²) in [5.41, 5.74) is 6.16. The van der Waals surface area contributed by atoms with Gasteiger partial charge < -0.3 is 5.32 Å². The second-order valence-corrected chi connectivity index (χ2v) is 5.44. The Balaban J connectivity index is 1.95. The number of benzene rings is 1. The van der Waals surface area contributed by atoms with Gasteiger partial charge in [-0.15, -0.1) is 11.3 Å². The van der Waals surface area contributed by atoms with Gasteiger partial charge in [-0.3, -0.25) is 5.43 Å². The minimum absolute atomic E-state index is 0.351. The second kappa shape index (κ2) is 5.08. The Kier molecular flexibility index (Phi) is 3.28. The van der Waals surface area contributed by atoms with Crippen LogP contribution in [0, 0.1) is 0 Å². The highest BCUT2D eigenvalue weighted by Gasteiger charge is 2.06. The van der Waals surface area contributed by atoms with Gasteiger partial charge in [-0.05, 0) is 34.1 Å². The Labute approximate surface area is 121 Å². The smallest absolute Gasteiger partial charge is 0.239 e. The van der Waals surface area contributed by atoms with Crippen molar-refractivity contribution >= 4 is 54.9 Å². The van der Waals surface area contributed by atoms with Crippen molar-refractivity contribution in [2.45, 2.75) is 0 Å². The van der Waals surface area contributed by atoms with Crippen LogP contribution in [0.1, 0.15) is 0 Å². The minimum Gasteiger partial charge on any atom is -0.339 e. The summed E-state index contributed by atoms with van der Waals surface area (Å²) in [4.78, 5) is 12.5. The van der Waals surface area contributed by atoms with Crippen molar-refractivity contribution in [2.24, 2.45) is 5.84 Å². The summed E-state index contributed by atoms with van der Waals surface area (Å²) in [5.74, 6) is 6.29. The van der Waals surface area contributed by atoms with E-state index < -0.39 is 0 Å². The topological polar surface area (TPSA) is 88.8 Å². The predicted molar refractivity (Wildman–Crippen MR) is 80.4 cm³/mol. The molecule has 0 amide bonds. The zero-order valence-electron chi connectivity index (χ0n) is 9.59. The van der Waals surface area contributed by atoms with Crippen molar-refractivity contribution in [1.82, 2.24) is 15.0 Å². The first-order chi connectivity index (χ1) is 9.26. The zero-order valence-corrected chi connectivity index (χ0v) is 12.0. The van der Waals surface area contributed by atoms with E-state index >= 15 is 0 Å². The molecule has 0 unspecified atom stereocenters. The fourth-order valence-corrected chi connectivity index (χ4v) is 2.60. The van der Waals surface area contributed by atoms with E-state index in [2.05, 4.69) is 41.6 Å². The fraction of sp³-hybridized carbons (Fsp3) is 0. The quantitative estimate of drug-likeness (QED) is 0.503. The third-order valence-corrected chi connectivity index (χ3v) is 3.84. The molecule has 8 heteroatoms. The van der Waals surface area contributed by atoms with Gasteiger partial charge in [0.2, 0.25) is 5.95 Å². The number of hydrogen-bond acceptors (Lipinski definition) is 7. The molecule has 6 nitrogen and oxygen atoms in total. The van der Waals surface area contributed by atoms with Crippen LogP contribution in [0.3, 0.4) is 0 Å². The van der Waals surface area contributed by atoms with Crippen molar-refractivity contribution < 1.29 is 0 Å². The van der Waals surface area contributed by atoms with Crippen LogP contribution in [-0.2, 0) is 0 Å². The van der Waals surface area contributed by atoms with Crippen molar-refractivity contribution in [3.05, 3.63) is 34.4 Å². The van der Waals surface area contributed by atoms with Crippen LogP contribution >= 0.6 is 27.3 Å². The van der Waals surface area contributed by atoms with Gasteiger partial charge in [-0.1, -0.05) is 0 Å². The van der Waals surface area contributed by atoms with Gasteiger partial charge in [-0.2, -0.15) is 4.98 Å². The van der Waals surface area contributed by atoms with E-state index in [4.69, 9.17) is 5.84 Å². The number of nitrogen functional groups attached to an aromatic ring is 1. The third-order valence-electron chi connectivity index (χ3n) is 2.47. The summed E-state index contributed by atoms with van der Waals surface area (Å²) in [6.07, 6.45) is 1.63. The van der Waals surface area contributed by atoms with Crippen molar-refractivity contribution in [1.29, 1.82) is 0 Å². The Morgan fingerprint density at radius 3 is 3.00 bits per heavy atom. The molecule has 3 rings (SSSR count). The number of nitrogens with one attached hydrogen (secondary N) is 2. The molecule has 0 aliphatic heterocycles. The van der Waals surface area contributed by atoms with Crippen LogP contribution in [0.15, 0.2) is 34.4 Å². The number of thiazole rings is 1. The van der Waals surface area contributed by atoms with E-state index in [0.717, 1.165) is 20.4 Å². The monoisotopic (exact) mass is 336 g/mol. The molecule has 0 saturated carbocycles. The summed E-state index contributed by atoms with van der Waals surface area (Å²) >= 11 is 4.99. The standard InChI is InChI=1S/C11H9BrN6S/c12-7-4-14-11(18-13)17-10(7)16-6-1-2-8-9(3-6)19-5-15-8/h1-5H,13H2,(H2,14,16,17,18). The van der Waals surface area contributed by atoms with E-state index in [0.29, 0.717) is 11.8 Å². The molecule has 0 aliphatic rings. The molecule has 1 aromatic carbocycles. The van der Waals surface area contributed by atoms with Crippen LogP contribution in [0.5, 0.6) is 0 Å². The molecule has 0 saturated heterocycles. The minimum atomic E-state index is 0.351. The molecule has 0 fully saturated rings. The van der Waals surface area contributed by atoms with E-state index in [1.54, 1.807) is 17.5 Å². The number of anilines is 3. The zero-order chi connectivity index (χ0) is 13.2. The molecular weight excluding hydrogens is 328 g/mol. The number of nitrogens with zero attached hydrogens (tertiary/aromatic N) is 3. The van der Waals surface area contributed by atoms with Crippen LogP contribution in [0.2, 0.25) is 0 Å². The van der Waals surface area contributed by atoms with Crippen molar-refractivity contribution in [3.63, 3.8) is 0 Å². The normalized spacial score (nSPS) is 10.6. The van der Waals surface area contributed by atoms with Gasteiger partial charge in [0.25, 0.3) is 0 Å². The van der Waals surface area contributed by atoms with Gasteiger partial charge in [0.1, 0.15) is 5.82 Å². The average molecular weight is 337 g/mol. The molecule has 96 valence electrons. The first-order valence-corrected chi connectivity index (χ1v) is 7.03. The molecule has 3 aromatic rings. The Morgan fingerprint density at radius 2 is 2.16 bits per heavy atom. The number of hydrazine groups is 1. The first kappa shape index (κ1) is 12.3. The maximum atomic E-state index is 5.30. The Bertz CT molecular complexity index is 728. The lowest BCUT2D eigenvalue weighted by atomic mass is 10.3. The highest BCUT2D eigenvalue weighted by Crippen LogP contribution is 2.27. The van der Waals surface area contributed by atoms with Crippen LogP contribution in [-0.4, -0.2) is 15.0 Å². The maximum Gasteiger partial charge on any atom is 0.239 e. The predicted octanol–water partition coefficient (Wildman–Crippen LogP) is 2.88. The lowest BCUT2D eigenvalue weighted by Gasteiger charge is -2.08. The molecule has 19 heavy (non-hydrogen) atoms. The van der Waals surface area contributed by atoms with Crippen LogP contribution < -0.4 is 16.6 Å². The van der Waals surface area contributed by atoms with Crippen LogP contribution in [0.25, 0.3) is 10.2 Å². The van der Waals surface area contributed by atoms with Gasteiger partial charge >= 0.3 is 0 Å². The summed E-state index contributed by atoms with van der Waals surface area (Å²) in [5, 5.41) is 3.21. The highest BCUT2D eigenvalue weighted by molar-refractivity contribution is 9.10. The van der Waals surface area contributed by atoms with Gasteiger partial charge in [-0.25, -0.2) is 15.8 Å². The number of rotatable bonds is 3. The molecule has 4 N–H and O–H groups in total. The summed E-state index contributed by atoms with van der Waals surface area (Å²) in [6, 6.07) is 5.94. The van der Waals surface area contributed by atoms with Gasteiger partial charge in [0.15, 0.2) is 0 Å². The molecule has 0 atom stereocenters. The molecule has 2 heterocycles. The molecule has 0 radical (unpaired) electrons. The second-order valence-electron chi connectivity index (χ2n) is 3.69. The molecular formula is C11H9BrN6S. The Morgan fingerprint density at radius 1 is 1.26 bits per heavy atom. The molecule has 0 spiro atoms. The number of aromatic nitrogens is 3. The number of nitrogens with two attached hydrogens (primary N) is 1. The fourth-order valence-electron chi connectivity index (χ4n) is 1.59. The van der Waals surface area contributed by atoms with Crippen molar-refractivity contribution in [2.75, 3.05) is 10.7 Å². The largest absolute Gasteiger partial charge is 0.339 e. The van der Waals surface area contributed by atoms with E-state index in [1.807, 2.05) is 23.7 Å². The SMILES string of the molecule is NNc1ncc(Br)c(Nc2ccc3ncsc3c2)n1. The highest BCUT2D eigenvalue weighted by atomic mass is 79.9. The number of hydrogen-bond donors (Lipinski definition) is 3. The number of fused-ring (bicyclic) bond motifs is 1. The van der Waals surface area contributed by atoms with Gasteiger partial charge in [0, 0.05) is 11.9 Å². The lowest BCUT2D eigenvalue weighted by molar-refractivity contribution is 1.11. The average Bonchev–Trinajstić information content (AvgIpc) is 2.89. The van der Waals surface area contributed by atoms with E-state index in [9.17, 15) is 0 Å². The molecule has 0 aliphatic carbocycles. The Hall–Kier alpha value is -1.77. The number of halogens is 1. The maximum absolute atomic E-state index is 5.30.